The van der Waals surface area contributed by atoms with Crippen LogP contribution in [0.2, 0.25) is 0 Å². The largest absolute Gasteiger partial charge is 0.336 e. The van der Waals surface area contributed by atoms with Crippen LogP contribution in [0.4, 0.5) is 0 Å². The molecule has 1 aromatic carbocycles. The SMILES string of the molecule is O=C(Cn1cnnn1)N1CCc2cccc(S(=O)(=O)N3CCCC3)c2C1. The molecule has 26 heavy (non-hydrogen) atoms. The van der Waals surface area contributed by atoms with Gasteiger partial charge in [0.2, 0.25) is 15.9 Å². The first-order valence-corrected chi connectivity index (χ1v) is 10.1. The van der Waals surface area contributed by atoms with E-state index in [1.165, 1.54) is 11.0 Å². The fourth-order valence-electron chi connectivity index (χ4n) is 3.56. The number of hydrogen-bond acceptors (Lipinski definition) is 6. The van der Waals surface area contributed by atoms with Gasteiger partial charge in [0.25, 0.3) is 0 Å². The lowest BCUT2D eigenvalue weighted by molar-refractivity contribution is -0.133. The van der Waals surface area contributed by atoms with Crippen LogP contribution in [0.1, 0.15) is 24.0 Å². The summed E-state index contributed by atoms with van der Waals surface area (Å²) in [7, 11) is -3.52. The van der Waals surface area contributed by atoms with Gasteiger partial charge in [0.1, 0.15) is 12.9 Å². The number of nitrogens with zero attached hydrogens (tertiary/aromatic N) is 6. The number of hydrogen-bond donors (Lipinski definition) is 0. The Bertz CT molecular complexity index is 906. The second-order valence-electron chi connectivity index (χ2n) is 6.58. The molecule has 138 valence electrons. The molecule has 0 spiro atoms. The summed E-state index contributed by atoms with van der Waals surface area (Å²) in [5, 5.41) is 10.8. The smallest absolute Gasteiger partial charge is 0.244 e. The fourth-order valence-corrected chi connectivity index (χ4v) is 5.34. The third-order valence-corrected chi connectivity index (χ3v) is 6.94. The minimum atomic E-state index is -3.52. The molecule has 9 nitrogen and oxygen atoms in total. The number of tetrazole rings is 1. The molecule has 2 aromatic rings. The predicted octanol–water partition coefficient (Wildman–Crippen LogP) is 0.0425. The maximum absolute atomic E-state index is 13.0. The average Bonchev–Trinajstić information content (AvgIpc) is 3.34. The number of amides is 1. The molecule has 1 amide bonds. The quantitative estimate of drug-likeness (QED) is 0.747. The first-order valence-electron chi connectivity index (χ1n) is 8.65. The molecular formula is C16H20N6O3S. The van der Waals surface area contributed by atoms with Gasteiger partial charge in [-0.15, -0.1) is 5.10 Å². The zero-order valence-corrected chi connectivity index (χ0v) is 15.1. The van der Waals surface area contributed by atoms with Gasteiger partial charge in [-0.3, -0.25) is 4.79 Å². The zero-order valence-electron chi connectivity index (χ0n) is 14.3. The van der Waals surface area contributed by atoms with Crippen molar-refractivity contribution < 1.29 is 13.2 Å². The standard InChI is InChI=1S/C16H20N6O3S/c23-16(11-21-12-17-18-19-21)20-9-6-13-4-3-5-15(14(13)10-20)26(24,25)22-7-1-2-8-22/h3-5,12H,1-2,6-11H2. The summed E-state index contributed by atoms with van der Waals surface area (Å²) < 4.78 is 29.0. The fraction of sp³-hybridized carbons (Fsp3) is 0.500. The van der Waals surface area contributed by atoms with Crippen LogP contribution in [0.15, 0.2) is 29.4 Å². The molecule has 0 aliphatic carbocycles. The minimum Gasteiger partial charge on any atom is -0.336 e. The van der Waals surface area contributed by atoms with Gasteiger partial charge < -0.3 is 4.90 Å². The highest BCUT2D eigenvalue weighted by Gasteiger charge is 2.32. The first kappa shape index (κ1) is 17.1. The topological polar surface area (TPSA) is 101 Å². The highest BCUT2D eigenvalue weighted by Crippen LogP contribution is 2.29. The van der Waals surface area contributed by atoms with Crippen molar-refractivity contribution in [3.8, 4) is 0 Å². The number of rotatable bonds is 4. The number of carbonyl (C=O) groups excluding carboxylic acids is 1. The number of aromatic nitrogens is 4. The van der Waals surface area contributed by atoms with Gasteiger partial charge in [-0.2, -0.15) is 4.31 Å². The van der Waals surface area contributed by atoms with Crippen molar-refractivity contribution in [3.05, 3.63) is 35.7 Å². The maximum Gasteiger partial charge on any atom is 0.244 e. The van der Waals surface area contributed by atoms with Gasteiger partial charge in [-0.25, -0.2) is 13.1 Å². The monoisotopic (exact) mass is 376 g/mol. The molecule has 4 rings (SSSR count). The third-order valence-electron chi connectivity index (χ3n) is 4.95. The van der Waals surface area contributed by atoms with E-state index in [1.807, 2.05) is 6.07 Å². The van der Waals surface area contributed by atoms with Crippen LogP contribution in [0.3, 0.4) is 0 Å². The van der Waals surface area contributed by atoms with Gasteiger partial charge in [-0.1, -0.05) is 12.1 Å². The van der Waals surface area contributed by atoms with Crippen LogP contribution in [0.25, 0.3) is 0 Å². The summed E-state index contributed by atoms with van der Waals surface area (Å²) in [4.78, 5) is 14.5. The summed E-state index contributed by atoms with van der Waals surface area (Å²) in [6.45, 7) is 2.02. The summed E-state index contributed by atoms with van der Waals surface area (Å²) in [6.07, 6.45) is 3.81. The van der Waals surface area contributed by atoms with Crippen LogP contribution in [-0.4, -0.2) is 63.4 Å². The van der Waals surface area contributed by atoms with Crippen LogP contribution >= 0.6 is 0 Å². The maximum atomic E-state index is 13.0. The van der Waals surface area contributed by atoms with Crippen LogP contribution in [0, 0.1) is 0 Å². The Morgan fingerprint density at radius 2 is 1.96 bits per heavy atom. The summed E-state index contributed by atoms with van der Waals surface area (Å²) in [5.74, 6) is -0.128. The van der Waals surface area contributed by atoms with Gasteiger partial charge in [0, 0.05) is 26.2 Å². The molecule has 3 heterocycles. The number of fused-ring (bicyclic) bond motifs is 1. The van der Waals surface area contributed by atoms with E-state index in [9.17, 15) is 13.2 Å². The van der Waals surface area contributed by atoms with E-state index < -0.39 is 10.0 Å². The highest BCUT2D eigenvalue weighted by molar-refractivity contribution is 7.89. The molecule has 0 saturated carbocycles. The molecule has 1 fully saturated rings. The van der Waals surface area contributed by atoms with E-state index in [0.29, 0.717) is 37.5 Å². The molecule has 0 unspecified atom stereocenters. The van der Waals surface area contributed by atoms with Crippen molar-refractivity contribution in [1.29, 1.82) is 0 Å². The summed E-state index contributed by atoms with van der Waals surface area (Å²) >= 11 is 0. The molecule has 0 atom stereocenters. The van der Waals surface area contributed by atoms with Crippen LogP contribution in [0.5, 0.6) is 0 Å². The van der Waals surface area contributed by atoms with Gasteiger partial charge in [0.05, 0.1) is 4.90 Å². The molecule has 0 bridgehead atoms. The van der Waals surface area contributed by atoms with Crippen LogP contribution in [-0.2, 0) is 34.3 Å². The van der Waals surface area contributed by atoms with Gasteiger partial charge >= 0.3 is 0 Å². The van der Waals surface area contributed by atoms with E-state index in [4.69, 9.17) is 0 Å². The molecule has 10 heteroatoms. The Morgan fingerprint density at radius 1 is 1.15 bits per heavy atom. The van der Waals surface area contributed by atoms with Crippen molar-refractivity contribution in [3.63, 3.8) is 0 Å². The number of sulfonamides is 1. The molecule has 2 aliphatic heterocycles. The Kier molecular flexibility index (Phi) is 4.45. The highest BCUT2D eigenvalue weighted by atomic mass is 32.2. The van der Waals surface area contributed by atoms with Gasteiger partial charge in [0.15, 0.2) is 0 Å². The van der Waals surface area contributed by atoms with E-state index in [2.05, 4.69) is 15.5 Å². The van der Waals surface area contributed by atoms with E-state index >= 15 is 0 Å². The molecule has 2 aliphatic rings. The molecule has 1 aromatic heterocycles. The van der Waals surface area contributed by atoms with E-state index in [-0.39, 0.29) is 12.5 Å². The summed E-state index contributed by atoms with van der Waals surface area (Å²) in [5.41, 5.74) is 1.73. The molecule has 0 N–H and O–H groups in total. The lowest BCUT2D eigenvalue weighted by Crippen LogP contribution is -2.39. The van der Waals surface area contributed by atoms with E-state index in [1.54, 1.807) is 21.3 Å². The average molecular weight is 376 g/mol. The number of benzene rings is 1. The third kappa shape index (κ3) is 3.10. The predicted molar refractivity (Wildman–Crippen MR) is 91.4 cm³/mol. The molecule has 1 saturated heterocycles. The lowest BCUT2D eigenvalue weighted by atomic mass is 10.00. The second kappa shape index (κ2) is 6.76. The zero-order chi connectivity index (χ0) is 18.1. The van der Waals surface area contributed by atoms with Crippen molar-refractivity contribution >= 4 is 15.9 Å². The van der Waals surface area contributed by atoms with E-state index in [0.717, 1.165) is 24.0 Å². The minimum absolute atomic E-state index is 0.0450. The Hall–Kier alpha value is -2.33. The van der Waals surface area contributed by atoms with Crippen molar-refractivity contribution in [2.75, 3.05) is 19.6 Å². The van der Waals surface area contributed by atoms with Crippen LogP contribution < -0.4 is 0 Å². The van der Waals surface area contributed by atoms with Crippen molar-refractivity contribution in [2.45, 2.75) is 37.2 Å². The number of carbonyl (C=O) groups is 1. The van der Waals surface area contributed by atoms with Gasteiger partial charge in [-0.05, 0) is 46.9 Å². The van der Waals surface area contributed by atoms with Crippen molar-refractivity contribution in [2.24, 2.45) is 0 Å². The van der Waals surface area contributed by atoms with Crippen molar-refractivity contribution in [1.82, 2.24) is 29.4 Å². The summed E-state index contributed by atoms with van der Waals surface area (Å²) in [6, 6.07) is 5.39. The Balaban J connectivity index is 1.61. The molecule has 0 radical (unpaired) electrons. The first-order chi connectivity index (χ1) is 12.6. The Labute approximate surface area is 151 Å². The molecular weight excluding hydrogens is 356 g/mol. The normalized spacial score (nSPS) is 18.1. The lowest BCUT2D eigenvalue weighted by Gasteiger charge is -2.31. The Morgan fingerprint density at radius 3 is 2.69 bits per heavy atom. The second-order valence-corrected chi connectivity index (χ2v) is 8.48.